The van der Waals surface area contributed by atoms with Gasteiger partial charge in [-0.1, -0.05) is 25.3 Å². The van der Waals surface area contributed by atoms with Gasteiger partial charge in [-0.05, 0) is 24.8 Å². The van der Waals surface area contributed by atoms with Gasteiger partial charge in [0.1, 0.15) is 0 Å². The van der Waals surface area contributed by atoms with E-state index in [1.54, 1.807) is 0 Å². The van der Waals surface area contributed by atoms with Crippen LogP contribution in [0, 0.1) is 0 Å². The van der Waals surface area contributed by atoms with E-state index in [9.17, 15) is 0 Å². The Labute approximate surface area is 155 Å². The molecule has 6 nitrogen and oxygen atoms in total. The monoisotopic (exact) mass is 355 g/mol. The quantitative estimate of drug-likeness (QED) is 0.866. The summed E-state index contributed by atoms with van der Waals surface area (Å²) in [7, 11) is 0. The van der Waals surface area contributed by atoms with E-state index in [0.29, 0.717) is 12.6 Å². The molecule has 6 heteroatoms. The van der Waals surface area contributed by atoms with Crippen molar-refractivity contribution in [1.82, 2.24) is 24.2 Å². The summed E-state index contributed by atoms with van der Waals surface area (Å²) in [6.45, 7) is 3.69. The number of nitrogens with zero attached hydrogens (tertiary/aromatic N) is 5. The van der Waals surface area contributed by atoms with Crippen LogP contribution in [0.1, 0.15) is 55.8 Å². The van der Waals surface area contributed by atoms with Gasteiger partial charge in [0.05, 0.1) is 31.4 Å². The maximum Gasteiger partial charge on any atom is 0.0951 e. The molecule has 0 amide bonds. The van der Waals surface area contributed by atoms with Crippen molar-refractivity contribution in [2.24, 2.45) is 0 Å². The maximum absolute atomic E-state index is 9.02. The Kier molecular flexibility index (Phi) is 5.51. The zero-order valence-corrected chi connectivity index (χ0v) is 15.4. The van der Waals surface area contributed by atoms with E-state index in [2.05, 4.69) is 25.6 Å². The van der Waals surface area contributed by atoms with Gasteiger partial charge in [0, 0.05) is 43.6 Å². The summed E-state index contributed by atoms with van der Waals surface area (Å²) in [5, 5.41) is 13.3. The van der Waals surface area contributed by atoms with Crippen molar-refractivity contribution in [1.29, 1.82) is 0 Å². The minimum absolute atomic E-state index is 0.128. The van der Waals surface area contributed by atoms with Crippen LogP contribution in [0.15, 0.2) is 31.0 Å². The third kappa shape index (κ3) is 3.91. The van der Waals surface area contributed by atoms with Crippen LogP contribution in [0.4, 0.5) is 0 Å². The van der Waals surface area contributed by atoms with E-state index in [1.807, 2.05) is 29.6 Å². The fourth-order valence-electron chi connectivity index (χ4n) is 4.24. The van der Waals surface area contributed by atoms with Crippen LogP contribution in [-0.4, -0.2) is 49.0 Å². The van der Waals surface area contributed by atoms with Crippen molar-refractivity contribution in [2.75, 3.05) is 19.7 Å². The summed E-state index contributed by atoms with van der Waals surface area (Å²) in [6.07, 6.45) is 18.1. The molecule has 1 fully saturated rings. The molecular weight excluding hydrogens is 326 g/mol. The lowest BCUT2D eigenvalue weighted by Gasteiger charge is -2.29. The summed E-state index contributed by atoms with van der Waals surface area (Å²) in [6, 6.07) is 0.648. The maximum atomic E-state index is 9.02. The second kappa shape index (κ2) is 8.18. The molecule has 0 radical (unpaired) electrons. The van der Waals surface area contributed by atoms with Crippen LogP contribution in [0.5, 0.6) is 0 Å². The van der Waals surface area contributed by atoms with Crippen molar-refractivity contribution in [2.45, 2.75) is 57.7 Å². The van der Waals surface area contributed by atoms with E-state index in [-0.39, 0.29) is 6.61 Å². The van der Waals surface area contributed by atoms with Gasteiger partial charge < -0.3 is 9.67 Å². The molecule has 0 bridgehead atoms. The molecule has 1 aliphatic carbocycles. The fraction of sp³-hybridized carbons (Fsp3) is 0.600. The topological polar surface area (TPSA) is 59.1 Å². The van der Waals surface area contributed by atoms with E-state index in [1.165, 1.54) is 48.9 Å². The van der Waals surface area contributed by atoms with Crippen LogP contribution in [0.2, 0.25) is 0 Å². The Balaban J connectivity index is 1.37. The summed E-state index contributed by atoms with van der Waals surface area (Å²) in [5.41, 5.74) is 3.90. The molecule has 2 aliphatic rings. The summed E-state index contributed by atoms with van der Waals surface area (Å²) in [4.78, 5) is 6.93. The van der Waals surface area contributed by atoms with Crippen LogP contribution < -0.4 is 0 Å². The number of hydrogen-bond donors (Lipinski definition) is 1. The summed E-state index contributed by atoms with van der Waals surface area (Å²) >= 11 is 0. The van der Waals surface area contributed by atoms with E-state index < -0.39 is 0 Å². The van der Waals surface area contributed by atoms with Crippen LogP contribution in [0.25, 0.3) is 5.57 Å². The first kappa shape index (κ1) is 17.5. The van der Waals surface area contributed by atoms with Gasteiger partial charge in [-0.15, -0.1) is 0 Å². The molecule has 4 rings (SSSR count). The first-order valence-corrected chi connectivity index (χ1v) is 9.89. The van der Waals surface area contributed by atoms with Gasteiger partial charge >= 0.3 is 0 Å². The average Bonchev–Trinajstić information content (AvgIpc) is 3.33. The standard InChI is InChI=1S/C20H29N5O/c26-11-10-24-14-18(12-22-24)17-6-8-23(9-7-17)15-20-13-21-16-25(20)19-4-2-1-3-5-19/h6,12-14,16,19,26H,1-5,7-11,15H2. The normalized spacial score (nSPS) is 19.7. The van der Waals surface area contributed by atoms with E-state index in [0.717, 1.165) is 26.1 Å². The molecule has 3 heterocycles. The highest BCUT2D eigenvalue weighted by Gasteiger charge is 2.20. The zero-order chi connectivity index (χ0) is 17.8. The van der Waals surface area contributed by atoms with E-state index >= 15 is 0 Å². The number of aliphatic hydroxyl groups is 1. The molecule has 140 valence electrons. The van der Waals surface area contributed by atoms with Crippen molar-refractivity contribution >= 4 is 5.57 Å². The summed E-state index contributed by atoms with van der Waals surface area (Å²) in [5.74, 6) is 0. The smallest absolute Gasteiger partial charge is 0.0951 e. The molecule has 1 N–H and O–H groups in total. The number of hydrogen-bond acceptors (Lipinski definition) is 4. The highest BCUT2D eigenvalue weighted by molar-refractivity contribution is 5.65. The predicted octanol–water partition coefficient (Wildman–Crippen LogP) is 2.87. The molecule has 1 saturated carbocycles. The third-order valence-corrected chi connectivity index (χ3v) is 5.73. The van der Waals surface area contributed by atoms with E-state index in [4.69, 9.17) is 5.11 Å². The van der Waals surface area contributed by atoms with Gasteiger partial charge in [-0.25, -0.2) is 4.98 Å². The van der Waals surface area contributed by atoms with Crippen LogP contribution in [0.3, 0.4) is 0 Å². The molecule has 0 saturated heterocycles. The molecule has 26 heavy (non-hydrogen) atoms. The molecule has 0 spiro atoms. The lowest BCUT2D eigenvalue weighted by Crippen LogP contribution is -2.29. The number of aliphatic hydroxyl groups excluding tert-OH is 1. The zero-order valence-electron chi connectivity index (χ0n) is 15.4. The Morgan fingerprint density at radius 1 is 1.15 bits per heavy atom. The minimum Gasteiger partial charge on any atom is -0.394 e. The van der Waals surface area contributed by atoms with Gasteiger partial charge in [0.25, 0.3) is 0 Å². The van der Waals surface area contributed by atoms with Gasteiger partial charge in [0.15, 0.2) is 0 Å². The minimum atomic E-state index is 0.128. The average molecular weight is 355 g/mol. The lowest BCUT2D eigenvalue weighted by atomic mass is 9.95. The van der Waals surface area contributed by atoms with Gasteiger partial charge in [-0.2, -0.15) is 5.10 Å². The molecule has 2 aromatic heterocycles. The van der Waals surface area contributed by atoms with Gasteiger partial charge in [-0.3, -0.25) is 9.58 Å². The Hall–Kier alpha value is -1.92. The summed E-state index contributed by atoms with van der Waals surface area (Å²) < 4.78 is 4.24. The van der Waals surface area contributed by atoms with Gasteiger partial charge in [0.2, 0.25) is 0 Å². The highest BCUT2D eigenvalue weighted by atomic mass is 16.3. The number of aromatic nitrogens is 4. The second-order valence-corrected chi connectivity index (χ2v) is 7.51. The molecule has 0 unspecified atom stereocenters. The second-order valence-electron chi connectivity index (χ2n) is 7.51. The van der Waals surface area contributed by atoms with Crippen LogP contribution in [-0.2, 0) is 13.1 Å². The molecular formula is C20H29N5O. The molecule has 0 aromatic carbocycles. The third-order valence-electron chi connectivity index (χ3n) is 5.73. The number of imidazole rings is 1. The molecule has 2 aromatic rings. The first-order valence-electron chi connectivity index (χ1n) is 9.89. The number of rotatable bonds is 6. The Bertz CT molecular complexity index is 741. The highest BCUT2D eigenvalue weighted by Crippen LogP contribution is 2.30. The Morgan fingerprint density at radius 2 is 2.04 bits per heavy atom. The van der Waals surface area contributed by atoms with Crippen molar-refractivity contribution in [3.05, 3.63) is 42.3 Å². The fourth-order valence-corrected chi connectivity index (χ4v) is 4.24. The predicted molar refractivity (Wildman–Crippen MR) is 102 cm³/mol. The van der Waals surface area contributed by atoms with Crippen LogP contribution >= 0.6 is 0 Å². The van der Waals surface area contributed by atoms with Crippen molar-refractivity contribution in [3.8, 4) is 0 Å². The lowest BCUT2D eigenvalue weighted by molar-refractivity contribution is 0.269. The SMILES string of the molecule is OCCn1cc(C2=CCN(Cc3cncn3C3CCCCC3)CC2)cn1. The van der Waals surface area contributed by atoms with Crippen molar-refractivity contribution in [3.63, 3.8) is 0 Å². The molecule has 0 atom stereocenters. The molecule has 1 aliphatic heterocycles. The Morgan fingerprint density at radius 3 is 2.81 bits per heavy atom. The largest absolute Gasteiger partial charge is 0.394 e. The van der Waals surface area contributed by atoms with Crippen molar-refractivity contribution < 1.29 is 5.11 Å². The first-order chi connectivity index (χ1) is 12.8.